The Hall–Kier alpha value is -2.90. The minimum atomic E-state index is -0.300. The molecular weight excluding hydrogens is 458 g/mol. The van der Waals surface area contributed by atoms with Crippen molar-refractivity contribution in [2.75, 3.05) is 41.2 Å². The fourth-order valence-electron chi connectivity index (χ4n) is 4.93. The van der Waals surface area contributed by atoms with Crippen LogP contribution >= 0.6 is 0 Å². The number of fused-ring (bicyclic) bond motifs is 1. The standard InChI is InChI=1S/C29H39NO6/c1-33-21-36-27-13-7-5-10-22(27)17-19-30(18-9-8-14-28(31)34-2)26-12-6-4-11-23-20-24(29(32)35-3)15-16-25(23)26/h5,7,10,13,15-16,20,26H,4,6,8-9,11-12,14,17-19,21H2,1-3H3. The molecule has 3 rings (SSSR count). The van der Waals surface area contributed by atoms with E-state index in [0.717, 1.165) is 69.3 Å². The SMILES string of the molecule is COCOc1ccccc1CCN(CCCCC(=O)OC)C1CCCCc2cc(C(=O)OC)ccc21. The lowest BCUT2D eigenvalue weighted by molar-refractivity contribution is -0.140. The van der Waals surface area contributed by atoms with Gasteiger partial charge in [-0.25, -0.2) is 4.79 Å². The number of carbonyl (C=O) groups is 2. The van der Waals surface area contributed by atoms with Crippen LogP contribution in [0.15, 0.2) is 42.5 Å². The Bertz CT molecular complexity index is 991. The van der Waals surface area contributed by atoms with Crippen LogP contribution in [-0.4, -0.2) is 58.1 Å². The van der Waals surface area contributed by atoms with Crippen LogP contribution < -0.4 is 4.74 Å². The first kappa shape index (κ1) is 27.7. The Morgan fingerprint density at radius 2 is 1.81 bits per heavy atom. The molecule has 2 aromatic carbocycles. The highest BCUT2D eigenvalue weighted by Gasteiger charge is 2.26. The molecular formula is C29H39NO6. The summed E-state index contributed by atoms with van der Waals surface area (Å²) in [6, 6.07) is 14.3. The topological polar surface area (TPSA) is 74.3 Å². The maximum atomic E-state index is 12.1. The van der Waals surface area contributed by atoms with Gasteiger partial charge in [-0.15, -0.1) is 0 Å². The maximum Gasteiger partial charge on any atom is 0.337 e. The minimum absolute atomic E-state index is 0.166. The molecule has 0 fully saturated rings. The number of hydrogen-bond donors (Lipinski definition) is 0. The first-order valence-corrected chi connectivity index (χ1v) is 12.8. The maximum absolute atomic E-state index is 12.1. The van der Waals surface area contributed by atoms with Crippen LogP contribution in [0.25, 0.3) is 0 Å². The number of ether oxygens (including phenoxy) is 4. The summed E-state index contributed by atoms with van der Waals surface area (Å²) >= 11 is 0. The van der Waals surface area contributed by atoms with E-state index in [1.165, 1.54) is 25.3 Å². The Morgan fingerprint density at radius 3 is 2.58 bits per heavy atom. The van der Waals surface area contributed by atoms with Crippen LogP contribution in [0.1, 0.15) is 71.6 Å². The van der Waals surface area contributed by atoms with E-state index < -0.39 is 0 Å². The zero-order valence-corrected chi connectivity index (χ0v) is 21.8. The molecule has 196 valence electrons. The van der Waals surface area contributed by atoms with E-state index in [4.69, 9.17) is 18.9 Å². The summed E-state index contributed by atoms with van der Waals surface area (Å²) in [6.45, 7) is 1.95. The smallest absolute Gasteiger partial charge is 0.337 e. The second-order valence-electron chi connectivity index (χ2n) is 9.14. The van der Waals surface area contributed by atoms with Crippen LogP contribution in [0.2, 0.25) is 0 Å². The number of methoxy groups -OCH3 is 3. The van der Waals surface area contributed by atoms with E-state index in [0.29, 0.717) is 12.0 Å². The van der Waals surface area contributed by atoms with Crippen molar-refractivity contribution < 1.29 is 28.5 Å². The molecule has 1 atom stereocenters. The Balaban J connectivity index is 1.81. The zero-order valence-electron chi connectivity index (χ0n) is 21.8. The zero-order chi connectivity index (χ0) is 25.8. The predicted octanol–water partition coefficient (Wildman–Crippen LogP) is 5.11. The lowest BCUT2D eigenvalue weighted by atomic mass is 9.95. The van der Waals surface area contributed by atoms with Gasteiger partial charge < -0.3 is 18.9 Å². The second-order valence-corrected chi connectivity index (χ2v) is 9.14. The number of para-hydroxylation sites is 1. The number of aryl methyl sites for hydroxylation is 1. The van der Waals surface area contributed by atoms with Gasteiger partial charge in [0.25, 0.3) is 0 Å². The van der Waals surface area contributed by atoms with Crippen LogP contribution in [0.4, 0.5) is 0 Å². The second kappa shape index (κ2) is 14.6. The highest BCUT2D eigenvalue weighted by Crippen LogP contribution is 2.35. The number of carbonyl (C=O) groups excluding carboxylic acids is 2. The van der Waals surface area contributed by atoms with Crippen LogP contribution in [0.3, 0.4) is 0 Å². The molecule has 0 saturated carbocycles. The van der Waals surface area contributed by atoms with E-state index in [-0.39, 0.29) is 24.8 Å². The molecule has 0 radical (unpaired) electrons. The average Bonchev–Trinajstić information content (AvgIpc) is 3.13. The Morgan fingerprint density at radius 1 is 0.972 bits per heavy atom. The molecule has 0 bridgehead atoms. The lowest BCUT2D eigenvalue weighted by Crippen LogP contribution is -2.32. The van der Waals surface area contributed by atoms with Gasteiger partial charge in [0.05, 0.1) is 19.8 Å². The minimum Gasteiger partial charge on any atom is -0.469 e. The summed E-state index contributed by atoms with van der Waals surface area (Å²) in [5.74, 6) is 0.376. The molecule has 7 heteroatoms. The largest absolute Gasteiger partial charge is 0.469 e. The van der Waals surface area contributed by atoms with Gasteiger partial charge in [-0.2, -0.15) is 0 Å². The number of hydrogen-bond acceptors (Lipinski definition) is 7. The van der Waals surface area contributed by atoms with Gasteiger partial charge in [-0.3, -0.25) is 9.69 Å². The van der Waals surface area contributed by atoms with E-state index in [1.807, 2.05) is 30.3 Å². The molecule has 7 nitrogen and oxygen atoms in total. The fourth-order valence-corrected chi connectivity index (χ4v) is 4.93. The summed E-state index contributed by atoms with van der Waals surface area (Å²) < 4.78 is 20.6. The molecule has 2 aromatic rings. The van der Waals surface area contributed by atoms with Crippen molar-refractivity contribution in [3.05, 3.63) is 64.7 Å². The average molecular weight is 498 g/mol. The third-order valence-electron chi connectivity index (χ3n) is 6.81. The normalized spacial score (nSPS) is 15.2. The highest BCUT2D eigenvalue weighted by molar-refractivity contribution is 5.89. The van der Waals surface area contributed by atoms with Gasteiger partial charge >= 0.3 is 11.9 Å². The van der Waals surface area contributed by atoms with Gasteiger partial charge in [0, 0.05) is 26.1 Å². The molecule has 0 aromatic heterocycles. The molecule has 1 unspecified atom stereocenters. The van der Waals surface area contributed by atoms with Crippen molar-refractivity contribution in [3.8, 4) is 5.75 Å². The molecule has 0 saturated heterocycles. The summed E-state index contributed by atoms with van der Waals surface area (Å²) in [4.78, 5) is 26.3. The first-order valence-electron chi connectivity index (χ1n) is 12.8. The van der Waals surface area contributed by atoms with Crippen LogP contribution in [-0.2, 0) is 31.8 Å². The molecule has 1 aliphatic carbocycles. The van der Waals surface area contributed by atoms with E-state index >= 15 is 0 Å². The van der Waals surface area contributed by atoms with Crippen molar-refractivity contribution in [2.24, 2.45) is 0 Å². The van der Waals surface area contributed by atoms with Crippen molar-refractivity contribution in [3.63, 3.8) is 0 Å². The number of rotatable bonds is 13. The number of nitrogens with zero attached hydrogens (tertiary/aromatic N) is 1. The van der Waals surface area contributed by atoms with Crippen LogP contribution in [0.5, 0.6) is 5.75 Å². The van der Waals surface area contributed by atoms with Crippen LogP contribution in [0, 0.1) is 0 Å². The summed E-state index contributed by atoms with van der Waals surface area (Å²) in [5.41, 5.74) is 4.26. The number of benzene rings is 2. The molecule has 0 N–H and O–H groups in total. The molecule has 36 heavy (non-hydrogen) atoms. The van der Waals surface area contributed by atoms with Crippen molar-refractivity contribution in [1.82, 2.24) is 4.90 Å². The van der Waals surface area contributed by atoms with Gasteiger partial charge in [-0.1, -0.05) is 30.7 Å². The van der Waals surface area contributed by atoms with Crippen molar-refractivity contribution in [1.29, 1.82) is 0 Å². The first-order chi connectivity index (χ1) is 17.6. The lowest BCUT2D eigenvalue weighted by Gasteiger charge is -2.33. The van der Waals surface area contributed by atoms with E-state index in [1.54, 1.807) is 7.11 Å². The van der Waals surface area contributed by atoms with E-state index in [9.17, 15) is 9.59 Å². The van der Waals surface area contributed by atoms with Gasteiger partial charge in [0.2, 0.25) is 0 Å². The summed E-state index contributed by atoms with van der Waals surface area (Å²) in [7, 11) is 4.47. The number of esters is 2. The van der Waals surface area contributed by atoms with E-state index in [2.05, 4.69) is 17.0 Å². The Labute approximate surface area is 214 Å². The summed E-state index contributed by atoms with van der Waals surface area (Å²) in [5, 5.41) is 0. The molecule has 1 aliphatic rings. The third-order valence-corrected chi connectivity index (χ3v) is 6.81. The molecule has 0 aliphatic heterocycles. The van der Waals surface area contributed by atoms with Gasteiger partial charge in [0.1, 0.15) is 5.75 Å². The summed E-state index contributed by atoms with van der Waals surface area (Å²) in [6.07, 6.45) is 7.20. The van der Waals surface area contributed by atoms with Crippen molar-refractivity contribution in [2.45, 2.75) is 57.4 Å². The fraction of sp³-hybridized carbons (Fsp3) is 0.517. The highest BCUT2D eigenvalue weighted by atomic mass is 16.7. The molecule has 0 amide bonds. The predicted molar refractivity (Wildman–Crippen MR) is 138 cm³/mol. The molecule has 0 heterocycles. The van der Waals surface area contributed by atoms with Gasteiger partial charge in [-0.05, 0) is 80.0 Å². The van der Waals surface area contributed by atoms with Crippen molar-refractivity contribution >= 4 is 11.9 Å². The van der Waals surface area contributed by atoms with Gasteiger partial charge in [0.15, 0.2) is 6.79 Å². The quantitative estimate of drug-likeness (QED) is 0.165. The Kier molecular flexibility index (Phi) is 11.2. The third kappa shape index (κ3) is 7.80. The molecule has 0 spiro atoms. The number of unbranched alkanes of at least 4 members (excludes halogenated alkanes) is 1. The monoisotopic (exact) mass is 497 g/mol.